The number of nitrogens with zero attached hydrogens (tertiary/aromatic N) is 1. The first-order chi connectivity index (χ1) is 12.6. The Morgan fingerprint density at radius 2 is 2.04 bits per heavy atom. The van der Waals surface area contributed by atoms with Crippen molar-refractivity contribution >= 4 is 22.4 Å². The minimum atomic E-state index is -0.0351. The maximum atomic E-state index is 12.3. The lowest BCUT2D eigenvalue weighted by atomic mass is 9.97. The van der Waals surface area contributed by atoms with Gasteiger partial charge in [0.1, 0.15) is 5.75 Å². The van der Waals surface area contributed by atoms with Crippen LogP contribution in [0.15, 0.2) is 30.5 Å². The van der Waals surface area contributed by atoms with Crippen molar-refractivity contribution in [3.8, 4) is 5.75 Å². The first-order valence-electron chi connectivity index (χ1n) is 9.28. The molecule has 2 N–H and O–H groups in total. The third kappa shape index (κ3) is 5.54. The summed E-state index contributed by atoms with van der Waals surface area (Å²) >= 11 is 1.60. The average Bonchev–Trinajstić information content (AvgIpc) is 3.10. The Hall–Kier alpha value is -1.92. The van der Waals surface area contributed by atoms with Gasteiger partial charge in [-0.05, 0) is 55.5 Å². The van der Waals surface area contributed by atoms with E-state index >= 15 is 0 Å². The molecule has 3 rings (SSSR count). The van der Waals surface area contributed by atoms with Gasteiger partial charge in [-0.25, -0.2) is 4.98 Å². The van der Waals surface area contributed by atoms with Crippen LogP contribution in [0, 0.1) is 5.92 Å². The fraction of sp³-hybridized carbons (Fsp3) is 0.500. The second-order valence-corrected chi connectivity index (χ2v) is 8.23. The fourth-order valence-corrected chi connectivity index (χ4v) is 3.96. The molecule has 1 fully saturated rings. The highest BCUT2D eigenvalue weighted by Crippen LogP contribution is 2.31. The molecule has 0 aliphatic carbocycles. The highest BCUT2D eigenvalue weighted by molar-refractivity contribution is 7.15. The van der Waals surface area contributed by atoms with Crippen LogP contribution in [0.2, 0.25) is 0 Å². The van der Waals surface area contributed by atoms with Gasteiger partial charge in [0.15, 0.2) is 5.13 Å². The molecule has 140 valence electrons. The second kappa shape index (κ2) is 9.14. The molecule has 5 nitrogen and oxygen atoms in total. The third-order valence-corrected chi connectivity index (χ3v) is 5.46. The van der Waals surface area contributed by atoms with E-state index in [4.69, 9.17) is 4.74 Å². The predicted octanol–water partition coefficient (Wildman–Crippen LogP) is 3.83. The zero-order valence-electron chi connectivity index (χ0n) is 15.5. The lowest BCUT2D eigenvalue weighted by Crippen LogP contribution is -2.26. The van der Waals surface area contributed by atoms with Crippen LogP contribution >= 0.6 is 11.3 Å². The summed E-state index contributed by atoms with van der Waals surface area (Å²) in [4.78, 5) is 17.9. The largest absolute Gasteiger partial charge is 0.493 e. The quantitative estimate of drug-likeness (QED) is 0.774. The SMILES string of the molecule is CC(C)COc1ccc(CC(=O)Nc2ncc(C3CCNCC3)s2)cc1. The summed E-state index contributed by atoms with van der Waals surface area (Å²) < 4.78 is 5.67. The van der Waals surface area contributed by atoms with E-state index in [1.54, 1.807) is 11.3 Å². The van der Waals surface area contributed by atoms with E-state index in [1.807, 2.05) is 30.5 Å². The molecule has 0 radical (unpaired) electrons. The Kier molecular flexibility index (Phi) is 6.63. The molecule has 1 aromatic heterocycles. The van der Waals surface area contributed by atoms with Crippen LogP contribution in [0.5, 0.6) is 5.75 Å². The van der Waals surface area contributed by atoms with Gasteiger partial charge in [0.25, 0.3) is 0 Å². The Balaban J connectivity index is 1.50. The van der Waals surface area contributed by atoms with Crippen LogP contribution in [0.3, 0.4) is 0 Å². The second-order valence-electron chi connectivity index (χ2n) is 7.17. The van der Waals surface area contributed by atoms with Gasteiger partial charge in [-0.15, -0.1) is 11.3 Å². The number of aromatic nitrogens is 1. The number of rotatable bonds is 7. The number of hydrogen-bond donors (Lipinski definition) is 2. The van der Waals surface area contributed by atoms with Gasteiger partial charge in [-0.2, -0.15) is 0 Å². The molecule has 1 aromatic carbocycles. The summed E-state index contributed by atoms with van der Waals surface area (Å²) in [5.41, 5.74) is 0.967. The van der Waals surface area contributed by atoms with E-state index < -0.39 is 0 Å². The van der Waals surface area contributed by atoms with Crippen molar-refractivity contribution in [2.45, 2.75) is 39.0 Å². The highest BCUT2D eigenvalue weighted by atomic mass is 32.1. The van der Waals surface area contributed by atoms with Gasteiger partial charge in [0, 0.05) is 11.1 Å². The van der Waals surface area contributed by atoms with Gasteiger partial charge in [-0.1, -0.05) is 26.0 Å². The number of amides is 1. The number of anilines is 1. The van der Waals surface area contributed by atoms with Crippen molar-refractivity contribution in [3.63, 3.8) is 0 Å². The Bertz CT molecular complexity index is 706. The third-order valence-electron chi connectivity index (χ3n) is 4.38. The smallest absolute Gasteiger partial charge is 0.230 e. The molecule has 0 unspecified atom stereocenters. The molecule has 0 saturated carbocycles. The Morgan fingerprint density at radius 1 is 1.31 bits per heavy atom. The van der Waals surface area contributed by atoms with Gasteiger partial charge in [0.2, 0.25) is 5.91 Å². The highest BCUT2D eigenvalue weighted by Gasteiger charge is 2.18. The molecule has 0 spiro atoms. The van der Waals surface area contributed by atoms with Crippen molar-refractivity contribution in [2.24, 2.45) is 5.92 Å². The van der Waals surface area contributed by atoms with Gasteiger partial charge in [0.05, 0.1) is 13.0 Å². The molecule has 1 amide bonds. The fourth-order valence-electron chi connectivity index (χ4n) is 2.95. The lowest BCUT2D eigenvalue weighted by Gasteiger charge is -2.20. The summed E-state index contributed by atoms with van der Waals surface area (Å²) in [6.07, 6.45) is 4.53. The first kappa shape index (κ1) is 18.9. The first-order valence-corrected chi connectivity index (χ1v) is 10.1. The molecule has 2 aromatic rings. The van der Waals surface area contributed by atoms with Crippen molar-refractivity contribution in [2.75, 3.05) is 25.0 Å². The number of carbonyl (C=O) groups is 1. The lowest BCUT2D eigenvalue weighted by molar-refractivity contribution is -0.115. The Labute approximate surface area is 159 Å². The number of ether oxygens (including phenoxy) is 1. The van der Waals surface area contributed by atoms with E-state index in [9.17, 15) is 4.79 Å². The minimum Gasteiger partial charge on any atom is -0.493 e. The summed E-state index contributed by atoms with van der Waals surface area (Å²) in [7, 11) is 0. The van der Waals surface area contributed by atoms with Gasteiger partial charge >= 0.3 is 0 Å². The molecular formula is C20H27N3O2S. The summed E-state index contributed by atoms with van der Waals surface area (Å²) in [5, 5.41) is 6.99. The number of hydrogen-bond acceptors (Lipinski definition) is 5. The molecule has 2 heterocycles. The summed E-state index contributed by atoms with van der Waals surface area (Å²) in [6.45, 7) is 7.05. The molecule has 0 atom stereocenters. The van der Waals surface area contributed by atoms with Crippen molar-refractivity contribution < 1.29 is 9.53 Å². The molecule has 1 saturated heterocycles. The number of thiazole rings is 1. The van der Waals surface area contributed by atoms with Crippen LogP contribution in [-0.4, -0.2) is 30.6 Å². The van der Waals surface area contributed by atoms with Gasteiger partial charge in [-0.3, -0.25) is 4.79 Å². The molecule has 26 heavy (non-hydrogen) atoms. The topological polar surface area (TPSA) is 63.2 Å². The standard InChI is InChI=1S/C20H27N3O2S/c1-14(2)13-25-17-5-3-15(4-6-17)11-19(24)23-20-22-12-18(26-20)16-7-9-21-10-8-16/h3-6,12,14,16,21H,7-11,13H2,1-2H3,(H,22,23,24). The maximum Gasteiger partial charge on any atom is 0.230 e. The van der Waals surface area contributed by atoms with Crippen LogP contribution in [0.1, 0.15) is 43.0 Å². The van der Waals surface area contributed by atoms with E-state index in [-0.39, 0.29) is 5.91 Å². The maximum absolute atomic E-state index is 12.3. The van der Waals surface area contributed by atoms with Crippen molar-refractivity contribution in [1.29, 1.82) is 0 Å². The number of nitrogens with one attached hydrogen (secondary N) is 2. The van der Waals surface area contributed by atoms with Crippen LogP contribution in [0.4, 0.5) is 5.13 Å². The van der Waals surface area contributed by atoms with E-state index in [1.165, 1.54) is 4.88 Å². The molecular weight excluding hydrogens is 346 g/mol. The van der Waals surface area contributed by atoms with Gasteiger partial charge < -0.3 is 15.4 Å². The van der Waals surface area contributed by atoms with E-state index in [0.29, 0.717) is 30.0 Å². The van der Waals surface area contributed by atoms with Crippen LogP contribution < -0.4 is 15.4 Å². The zero-order chi connectivity index (χ0) is 18.4. The number of carbonyl (C=O) groups excluding carboxylic acids is 1. The van der Waals surface area contributed by atoms with Crippen molar-refractivity contribution in [1.82, 2.24) is 10.3 Å². The molecule has 1 aliphatic heterocycles. The Morgan fingerprint density at radius 3 is 2.73 bits per heavy atom. The van der Waals surface area contributed by atoms with Crippen LogP contribution in [0.25, 0.3) is 0 Å². The summed E-state index contributed by atoms with van der Waals surface area (Å²) in [6, 6.07) is 7.72. The molecule has 1 aliphatic rings. The minimum absolute atomic E-state index is 0.0351. The predicted molar refractivity (Wildman–Crippen MR) is 106 cm³/mol. The normalized spacial score (nSPS) is 15.2. The molecule has 0 bridgehead atoms. The molecule has 6 heteroatoms. The number of piperidine rings is 1. The van der Waals surface area contributed by atoms with E-state index in [2.05, 4.69) is 29.5 Å². The van der Waals surface area contributed by atoms with Crippen LogP contribution in [-0.2, 0) is 11.2 Å². The monoisotopic (exact) mass is 373 g/mol. The summed E-state index contributed by atoms with van der Waals surface area (Å²) in [5.74, 6) is 1.87. The average molecular weight is 374 g/mol. The number of benzene rings is 1. The van der Waals surface area contributed by atoms with E-state index in [0.717, 1.165) is 37.2 Å². The zero-order valence-corrected chi connectivity index (χ0v) is 16.3. The van der Waals surface area contributed by atoms with Crippen molar-refractivity contribution in [3.05, 3.63) is 40.9 Å².